The summed E-state index contributed by atoms with van der Waals surface area (Å²) in [6, 6.07) is 6.16. The summed E-state index contributed by atoms with van der Waals surface area (Å²) in [6.45, 7) is 4.63. The van der Waals surface area contributed by atoms with Gasteiger partial charge in [-0.1, -0.05) is 34.1 Å². The Hall–Kier alpha value is -0.540. The summed E-state index contributed by atoms with van der Waals surface area (Å²) in [5, 5.41) is 0.811. The molecule has 0 aliphatic rings. The van der Waals surface area contributed by atoms with Crippen molar-refractivity contribution in [2.45, 2.75) is 25.3 Å². The van der Waals surface area contributed by atoms with Crippen molar-refractivity contribution in [1.29, 1.82) is 0 Å². The average molecular weight is 273 g/mol. The maximum absolute atomic E-state index is 5.76. The van der Waals surface area contributed by atoms with Crippen LogP contribution < -0.4 is 4.74 Å². The molecule has 0 amide bonds. The SMILES string of the molecule is COC(C)COc1c(C)cccc1CBr. The maximum Gasteiger partial charge on any atom is 0.126 e. The van der Waals surface area contributed by atoms with Gasteiger partial charge in [-0.3, -0.25) is 0 Å². The van der Waals surface area contributed by atoms with E-state index in [1.165, 1.54) is 5.56 Å². The van der Waals surface area contributed by atoms with Gasteiger partial charge in [0.25, 0.3) is 0 Å². The highest BCUT2D eigenvalue weighted by Gasteiger charge is 2.07. The zero-order chi connectivity index (χ0) is 11.3. The molecule has 1 atom stereocenters. The zero-order valence-electron chi connectivity index (χ0n) is 9.42. The van der Waals surface area contributed by atoms with Crippen molar-refractivity contribution in [3.63, 3.8) is 0 Å². The van der Waals surface area contributed by atoms with E-state index in [0.29, 0.717) is 6.61 Å². The summed E-state index contributed by atoms with van der Waals surface area (Å²) in [5.74, 6) is 0.971. The number of rotatable bonds is 5. The Morgan fingerprint density at radius 3 is 2.73 bits per heavy atom. The van der Waals surface area contributed by atoms with Crippen LogP contribution in [0.1, 0.15) is 18.1 Å². The van der Waals surface area contributed by atoms with E-state index in [1.54, 1.807) is 7.11 Å². The summed E-state index contributed by atoms with van der Waals surface area (Å²) < 4.78 is 10.9. The Morgan fingerprint density at radius 1 is 1.40 bits per heavy atom. The first kappa shape index (κ1) is 12.5. The number of methoxy groups -OCH3 is 1. The van der Waals surface area contributed by atoms with Crippen LogP contribution in [0.15, 0.2) is 18.2 Å². The maximum atomic E-state index is 5.76. The van der Waals surface area contributed by atoms with E-state index < -0.39 is 0 Å². The molecule has 1 aromatic carbocycles. The standard InChI is InChI=1S/C12H17BrO2/c1-9-5-4-6-11(7-13)12(9)15-8-10(2)14-3/h4-6,10H,7-8H2,1-3H3. The number of hydrogen-bond donors (Lipinski definition) is 0. The third-order valence-corrected chi connectivity index (χ3v) is 2.91. The lowest BCUT2D eigenvalue weighted by atomic mass is 10.1. The lowest BCUT2D eigenvalue weighted by molar-refractivity contribution is 0.0711. The molecule has 0 radical (unpaired) electrons. The monoisotopic (exact) mass is 272 g/mol. The second-order valence-electron chi connectivity index (χ2n) is 3.55. The average Bonchev–Trinajstić information content (AvgIpc) is 2.26. The molecule has 0 aliphatic carbocycles. The number of benzene rings is 1. The highest BCUT2D eigenvalue weighted by molar-refractivity contribution is 9.08. The molecule has 0 aliphatic heterocycles. The van der Waals surface area contributed by atoms with Gasteiger partial charge in [0.1, 0.15) is 12.4 Å². The number of hydrogen-bond acceptors (Lipinski definition) is 2. The second-order valence-corrected chi connectivity index (χ2v) is 4.11. The number of alkyl halides is 1. The van der Waals surface area contributed by atoms with Gasteiger partial charge in [-0.15, -0.1) is 0 Å². The van der Waals surface area contributed by atoms with Crippen molar-refractivity contribution in [3.05, 3.63) is 29.3 Å². The first-order valence-electron chi connectivity index (χ1n) is 4.99. The zero-order valence-corrected chi connectivity index (χ0v) is 11.0. The van der Waals surface area contributed by atoms with E-state index in [1.807, 2.05) is 13.0 Å². The van der Waals surface area contributed by atoms with Crippen LogP contribution in [0.4, 0.5) is 0 Å². The quantitative estimate of drug-likeness (QED) is 0.766. The van der Waals surface area contributed by atoms with Crippen molar-refractivity contribution in [3.8, 4) is 5.75 Å². The molecule has 0 saturated heterocycles. The third-order valence-electron chi connectivity index (χ3n) is 2.30. The number of halogens is 1. The molecule has 0 saturated carbocycles. The minimum absolute atomic E-state index is 0.118. The van der Waals surface area contributed by atoms with E-state index >= 15 is 0 Å². The Kier molecular flexibility index (Phi) is 5.12. The fourth-order valence-electron chi connectivity index (χ4n) is 1.29. The first-order valence-corrected chi connectivity index (χ1v) is 6.11. The fourth-order valence-corrected chi connectivity index (χ4v) is 1.74. The molecule has 3 heteroatoms. The van der Waals surface area contributed by atoms with Crippen LogP contribution in [-0.4, -0.2) is 19.8 Å². The smallest absolute Gasteiger partial charge is 0.126 e. The van der Waals surface area contributed by atoms with E-state index in [2.05, 4.69) is 35.0 Å². The van der Waals surface area contributed by atoms with Crippen molar-refractivity contribution in [1.82, 2.24) is 0 Å². The summed E-state index contributed by atoms with van der Waals surface area (Å²) in [7, 11) is 1.69. The van der Waals surface area contributed by atoms with Crippen molar-refractivity contribution in [2.75, 3.05) is 13.7 Å². The van der Waals surface area contributed by atoms with E-state index in [9.17, 15) is 0 Å². The summed E-state index contributed by atoms with van der Waals surface area (Å²) in [4.78, 5) is 0. The Labute approximate surface area is 99.7 Å². The number of ether oxygens (including phenoxy) is 2. The number of aryl methyl sites for hydroxylation is 1. The highest BCUT2D eigenvalue weighted by Crippen LogP contribution is 2.25. The van der Waals surface area contributed by atoms with Gasteiger partial charge in [-0.25, -0.2) is 0 Å². The summed E-state index contributed by atoms with van der Waals surface area (Å²) in [6.07, 6.45) is 0.118. The molecule has 15 heavy (non-hydrogen) atoms. The summed E-state index contributed by atoms with van der Waals surface area (Å²) in [5.41, 5.74) is 2.34. The molecule has 0 aromatic heterocycles. The van der Waals surface area contributed by atoms with Crippen LogP contribution in [0, 0.1) is 6.92 Å². The van der Waals surface area contributed by atoms with E-state index in [4.69, 9.17) is 9.47 Å². The normalized spacial score (nSPS) is 12.5. The third kappa shape index (κ3) is 3.50. The number of para-hydroxylation sites is 1. The molecule has 1 unspecified atom stereocenters. The first-order chi connectivity index (χ1) is 7.19. The Balaban J connectivity index is 2.74. The van der Waals surface area contributed by atoms with Crippen LogP contribution in [0.25, 0.3) is 0 Å². The van der Waals surface area contributed by atoms with E-state index in [0.717, 1.165) is 16.6 Å². The predicted molar refractivity (Wildman–Crippen MR) is 65.8 cm³/mol. The molecule has 1 rings (SSSR count). The molecular weight excluding hydrogens is 256 g/mol. The largest absolute Gasteiger partial charge is 0.490 e. The summed E-state index contributed by atoms with van der Waals surface area (Å²) >= 11 is 3.46. The van der Waals surface area contributed by atoms with Gasteiger partial charge in [-0.2, -0.15) is 0 Å². The second kappa shape index (κ2) is 6.13. The van der Waals surface area contributed by atoms with E-state index in [-0.39, 0.29) is 6.10 Å². The van der Waals surface area contributed by atoms with Gasteiger partial charge in [-0.05, 0) is 19.4 Å². The molecule has 1 aromatic rings. The van der Waals surface area contributed by atoms with Gasteiger partial charge in [0, 0.05) is 18.0 Å². The molecule has 0 N–H and O–H groups in total. The van der Waals surface area contributed by atoms with Crippen molar-refractivity contribution < 1.29 is 9.47 Å². The predicted octanol–water partition coefficient (Wildman–Crippen LogP) is 3.30. The van der Waals surface area contributed by atoms with Gasteiger partial charge in [0.05, 0.1) is 6.10 Å². The molecular formula is C12H17BrO2. The highest BCUT2D eigenvalue weighted by atomic mass is 79.9. The van der Waals surface area contributed by atoms with Crippen molar-refractivity contribution >= 4 is 15.9 Å². The van der Waals surface area contributed by atoms with Gasteiger partial charge in [0.15, 0.2) is 0 Å². The molecule has 2 nitrogen and oxygen atoms in total. The van der Waals surface area contributed by atoms with Gasteiger partial charge >= 0.3 is 0 Å². The van der Waals surface area contributed by atoms with Crippen LogP contribution in [0.3, 0.4) is 0 Å². The van der Waals surface area contributed by atoms with Crippen molar-refractivity contribution in [2.24, 2.45) is 0 Å². The molecule has 0 spiro atoms. The Morgan fingerprint density at radius 2 is 2.13 bits per heavy atom. The lowest BCUT2D eigenvalue weighted by Gasteiger charge is -2.15. The molecule has 0 bridgehead atoms. The van der Waals surface area contributed by atoms with Crippen LogP contribution in [0.2, 0.25) is 0 Å². The van der Waals surface area contributed by atoms with Gasteiger partial charge < -0.3 is 9.47 Å². The molecule has 0 fully saturated rings. The Bertz CT molecular complexity index is 312. The fraction of sp³-hybridized carbons (Fsp3) is 0.500. The van der Waals surface area contributed by atoms with Crippen LogP contribution in [-0.2, 0) is 10.1 Å². The van der Waals surface area contributed by atoms with Crippen LogP contribution >= 0.6 is 15.9 Å². The molecule has 0 heterocycles. The minimum atomic E-state index is 0.118. The topological polar surface area (TPSA) is 18.5 Å². The van der Waals surface area contributed by atoms with Crippen LogP contribution in [0.5, 0.6) is 5.75 Å². The lowest BCUT2D eigenvalue weighted by Crippen LogP contribution is -2.16. The molecule has 84 valence electrons. The van der Waals surface area contributed by atoms with Gasteiger partial charge in [0.2, 0.25) is 0 Å². The minimum Gasteiger partial charge on any atom is -0.490 e.